The average molecular weight is 338 g/mol. The van der Waals surface area contributed by atoms with Gasteiger partial charge in [0.05, 0.1) is 17.6 Å². The molecule has 1 saturated carbocycles. The smallest absolute Gasteiger partial charge is 0.282 e. The molecule has 2 atom stereocenters. The number of hydrogen-bond acceptors (Lipinski definition) is 3. The molecule has 130 valence electrons. The van der Waals surface area contributed by atoms with Crippen molar-refractivity contribution in [1.82, 2.24) is 19.6 Å². The van der Waals surface area contributed by atoms with E-state index < -0.39 is 18.0 Å². The van der Waals surface area contributed by atoms with Gasteiger partial charge in [-0.3, -0.25) is 14.3 Å². The Balaban J connectivity index is 1.55. The fraction of sp³-hybridized carbons (Fsp3) is 0.688. The second-order valence-electron chi connectivity index (χ2n) is 7.02. The van der Waals surface area contributed by atoms with E-state index in [0.29, 0.717) is 18.9 Å². The molecule has 0 spiro atoms. The number of aryl methyl sites for hydroxylation is 1. The first-order chi connectivity index (χ1) is 11.5. The van der Waals surface area contributed by atoms with E-state index in [2.05, 4.69) is 5.10 Å². The number of amides is 2. The number of rotatable bonds is 4. The van der Waals surface area contributed by atoms with Crippen molar-refractivity contribution in [3.8, 4) is 0 Å². The largest absolute Gasteiger partial charge is 0.337 e. The Morgan fingerprint density at radius 1 is 1.33 bits per heavy atom. The summed E-state index contributed by atoms with van der Waals surface area (Å²) in [6.07, 6.45) is 1.90. The van der Waals surface area contributed by atoms with Crippen LogP contribution < -0.4 is 0 Å². The van der Waals surface area contributed by atoms with Crippen LogP contribution in [0.3, 0.4) is 0 Å². The number of hydrogen-bond donors (Lipinski definition) is 0. The summed E-state index contributed by atoms with van der Waals surface area (Å²) in [5.41, 5.74) is -0.536. The lowest BCUT2D eigenvalue weighted by atomic mass is 10.1. The lowest BCUT2D eigenvalue weighted by Gasteiger charge is -2.25. The van der Waals surface area contributed by atoms with Crippen molar-refractivity contribution in [3.05, 3.63) is 17.5 Å². The highest BCUT2D eigenvalue weighted by Crippen LogP contribution is 2.38. The van der Waals surface area contributed by atoms with Crippen LogP contribution in [0.2, 0.25) is 0 Å². The molecule has 2 aliphatic heterocycles. The monoisotopic (exact) mass is 338 g/mol. The molecule has 3 fully saturated rings. The van der Waals surface area contributed by atoms with E-state index in [-0.39, 0.29) is 23.6 Å². The minimum absolute atomic E-state index is 0.0359. The fourth-order valence-corrected chi connectivity index (χ4v) is 3.98. The van der Waals surface area contributed by atoms with E-state index in [4.69, 9.17) is 0 Å². The molecule has 2 saturated heterocycles. The van der Waals surface area contributed by atoms with Gasteiger partial charge in [0.2, 0.25) is 5.91 Å². The van der Waals surface area contributed by atoms with Crippen LogP contribution in [0.4, 0.5) is 8.78 Å². The van der Waals surface area contributed by atoms with Gasteiger partial charge in [0.25, 0.3) is 12.3 Å². The summed E-state index contributed by atoms with van der Waals surface area (Å²) in [4.78, 5) is 28.6. The summed E-state index contributed by atoms with van der Waals surface area (Å²) in [6, 6.07) is -0.164. The van der Waals surface area contributed by atoms with Crippen molar-refractivity contribution in [3.63, 3.8) is 0 Å². The summed E-state index contributed by atoms with van der Waals surface area (Å²) >= 11 is 0. The molecule has 2 amide bonds. The Hall–Kier alpha value is -1.99. The molecule has 0 bridgehead atoms. The van der Waals surface area contributed by atoms with Crippen molar-refractivity contribution in [2.75, 3.05) is 13.1 Å². The molecule has 4 rings (SSSR count). The second-order valence-corrected chi connectivity index (χ2v) is 7.02. The number of halogens is 2. The van der Waals surface area contributed by atoms with Crippen LogP contribution >= 0.6 is 0 Å². The summed E-state index contributed by atoms with van der Waals surface area (Å²) in [6.45, 7) is 1.28. The second kappa shape index (κ2) is 5.53. The zero-order valence-electron chi connectivity index (χ0n) is 13.5. The van der Waals surface area contributed by atoms with Gasteiger partial charge in [0, 0.05) is 32.8 Å². The van der Waals surface area contributed by atoms with Crippen molar-refractivity contribution >= 4 is 11.8 Å². The number of fused-ring (bicyclic) bond motifs is 1. The first-order valence-corrected chi connectivity index (χ1v) is 8.38. The number of alkyl halides is 2. The van der Waals surface area contributed by atoms with Crippen LogP contribution in [-0.4, -0.2) is 56.6 Å². The lowest BCUT2D eigenvalue weighted by Crippen LogP contribution is -2.40. The minimum atomic E-state index is -2.79. The van der Waals surface area contributed by atoms with Gasteiger partial charge in [0.15, 0.2) is 0 Å². The Labute approximate surface area is 138 Å². The predicted octanol–water partition coefficient (Wildman–Crippen LogP) is 1.58. The fourth-order valence-electron chi connectivity index (χ4n) is 3.98. The van der Waals surface area contributed by atoms with Gasteiger partial charge < -0.3 is 9.80 Å². The zero-order valence-corrected chi connectivity index (χ0v) is 13.5. The van der Waals surface area contributed by atoms with Gasteiger partial charge in [-0.2, -0.15) is 5.10 Å². The molecule has 0 aromatic carbocycles. The van der Waals surface area contributed by atoms with Gasteiger partial charge in [0.1, 0.15) is 5.69 Å². The molecule has 3 heterocycles. The molecule has 1 aliphatic carbocycles. The standard InChI is InChI=1S/C16H20F2N4O2/c1-20-8-10(14(19-20)15(17)18)16(24)21-5-4-11-12(21)6-13(23)22(11)7-9-2-3-9/h8-9,11-12,15H,2-7H2,1H3. The summed E-state index contributed by atoms with van der Waals surface area (Å²) in [5, 5.41) is 3.71. The Bertz CT molecular complexity index is 686. The molecule has 0 radical (unpaired) electrons. The molecule has 3 aliphatic rings. The molecule has 24 heavy (non-hydrogen) atoms. The summed E-state index contributed by atoms with van der Waals surface area (Å²) in [5.74, 6) is 0.239. The molecule has 2 unspecified atom stereocenters. The third-order valence-electron chi connectivity index (χ3n) is 5.32. The normalized spacial score (nSPS) is 26.6. The number of likely N-dealkylation sites (tertiary alicyclic amines) is 2. The van der Waals surface area contributed by atoms with Crippen molar-refractivity contribution in [1.29, 1.82) is 0 Å². The topological polar surface area (TPSA) is 58.4 Å². The van der Waals surface area contributed by atoms with Crippen LogP contribution in [0.1, 0.15) is 48.2 Å². The first-order valence-electron chi connectivity index (χ1n) is 8.38. The van der Waals surface area contributed by atoms with Crippen LogP contribution in [0.5, 0.6) is 0 Å². The van der Waals surface area contributed by atoms with Crippen molar-refractivity contribution < 1.29 is 18.4 Å². The molecular weight excluding hydrogens is 318 g/mol. The zero-order chi connectivity index (χ0) is 17.0. The SMILES string of the molecule is Cn1cc(C(=O)N2CCC3C2CC(=O)N3CC2CC2)c(C(F)F)n1. The van der Waals surface area contributed by atoms with Gasteiger partial charge in [-0.25, -0.2) is 8.78 Å². The van der Waals surface area contributed by atoms with Crippen LogP contribution in [0, 0.1) is 5.92 Å². The quantitative estimate of drug-likeness (QED) is 0.838. The number of carbonyl (C=O) groups is 2. The maximum atomic E-state index is 13.1. The maximum absolute atomic E-state index is 13.1. The molecule has 1 aromatic rings. The predicted molar refractivity (Wildman–Crippen MR) is 80.4 cm³/mol. The van der Waals surface area contributed by atoms with E-state index >= 15 is 0 Å². The summed E-state index contributed by atoms with van der Waals surface area (Å²) < 4.78 is 27.5. The molecular formula is C16H20F2N4O2. The Morgan fingerprint density at radius 2 is 2.08 bits per heavy atom. The molecule has 1 aromatic heterocycles. The lowest BCUT2D eigenvalue weighted by molar-refractivity contribution is -0.129. The van der Waals surface area contributed by atoms with Gasteiger partial charge in [-0.05, 0) is 25.2 Å². The van der Waals surface area contributed by atoms with E-state index in [9.17, 15) is 18.4 Å². The molecule has 6 nitrogen and oxygen atoms in total. The highest BCUT2D eigenvalue weighted by Gasteiger charge is 2.49. The number of aromatic nitrogens is 2. The molecule has 0 N–H and O–H groups in total. The summed E-state index contributed by atoms with van der Waals surface area (Å²) in [7, 11) is 1.52. The van der Waals surface area contributed by atoms with Gasteiger partial charge in [-0.1, -0.05) is 0 Å². The Kier molecular flexibility index (Phi) is 3.58. The van der Waals surface area contributed by atoms with E-state index in [1.807, 2.05) is 4.90 Å². The third kappa shape index (κ3) is 2.48. The first kappa shape index (κ1) is 15.5. The highest BCUT2D eigenvalue weighted by molar-refractivity contribution is 5.96. The average Bonchev–Trinajstić information content (AvgIpc) is 2.99. The molecule has 8 heteroatoms. The van der Waals surface area contributed by atoms with E-state index in [1.165, 1.54) is 17.9 Å². The Morgan fingerprint density at radius 3 is 2.75 bits per heavy atom. The van der Waals surface area contributed by atoms with E-state index in [0.717, 1.165) is 25.8 Å². The van der Waals surface area contributed by atoms with Crippen LogP contribution in [-0.2, 0) is 11.8 Å². The highest BCUT2D eigenvalue weighted by atomic mass is 19.3. The number of nitrogens with zero attached hydrogens (tertiary/aromatic N) is 4. The van der Waals surface area contributed by atoms with Crippen molar-refractivity contribution in [2.45, 2.75) is 44.2 Å². The van der Waals surface area contributed by atoms with Gasteiger partial charge in [-0.15, -0.1) is 0 Å². The minimum Gasteiger partial charge on any atom is -0.337 e. The third-order valence-corrected chi connectivity index (χ3v) is 5.32. The van der Waals surface area contributed by atoms with Gasteiger partial charge >= 0.3 is 0 Å². The number of carbonyl (C=O) groups excluding carboxylic acids is 2. The van der Waals surface area contributed by atoms with E-state index in [1.54, 1.807) is 4.90 Å². The van der Waals surface area contributed by atoms with Crippen molar-refractivity contribution in [2.24, 2.45) is 13.0 Å². The van der Waals surface area contributed by atoms with Crippen LogP contribution in [0.25, 0.3) is 0 Å². The van der Waals surface area contributed by atoms with Crippen LogP contribution in [0.15, 0.2) is 6.20 Å². The maximum Gasteiger partial charge on any atom is 0.282 e.